The lowest BCUT2D eigenvalue weighted by Crippen LogP contribution is -2.36. The standard InChI is InChI=1S/C48H63N3O6.3ClH/c1-31-10-8-9-11-35(31)30-48(18-12-39-36-27-45(55-5)42(52-2)24-32(36)15-21-49-39,19-13-40-37-28-46(56-6)43(53-3)25-33(37)16-22-50-40)20-14-41-38-29-47(57-7)44(54-4)26-34(38)17-23-51-41;;;/h8-11,24-29,39-41,49-51H,12-23,30H2,1-7H3;3*1H. The Kier molecular flexibility index (Phi) is 18.4. The summed E-state index contributed by atoms with van der Waals surface area (Å²) in [5.74, 6) is 4.78. The van der Waals surface area contributed by atoms with E-state index in [1.54, 1.807) is 42.7 Å². The fraction of sp³-hybridized carbons (Fsp3) is 0.500. The second kappa shape index (κ2) is 22.5. The van der Waals surface area contributed by atoms with Crippen LogP contribution in [0.3, 0.4) is 0 Å². The molecule has 330 valence electrons. The first kappa shape index (κ1) is 49.1. The maximum atomic E-state index is 5.82. The first-order chi connectivity index (χ1) is 27.8. The Morgan fingerprint density at radius 3 is 1.12 bits per heavy atom. The Labute approximate surface area is 376 Å². The van der Waals surface area contributed by atoms with Gasteiger partial charge in [0.15, 0.2) is 34.5 Å². The summed E-state index contributed by atoms with van der Waals surface area (Å²) < 4.78 is 34.6. The smallest absolute Gasteiger partial charge is 0.161 e. The van der Waals surface area contributed by atoms with E-state index < -0.39 is 0 Å². The Morgan fingerprint density at radius 1 is 0.483 bits per heavy atom. The van der Waals surface area contributed by atoms with Gasteiger partial charge >= 0.3 is 0 Å². The molecular formula is C48H66Cl3N3O6. The van der Waals surface area contributed by atoms with Crippen molar-refractivity contribution in [1.29, 1.82) is 0 Å². The minimum atomic E-state index is 0. The highest BCUT2D eigenvalue weighted by molar-refractivity contribution is 5.86. The largest absolute Gasteiger partial charge is 0.493 e. The second-order valence-electron chi connectivity index (χ2n) is 16.2. The van der Waals surface area contributed by atoms with Gasteiger partial charge in [-0.25, -0.2) is 0 Å². The van der Waals surface area contributed by atoms with Crippen LogP contribution in [0, 0.1) is 12.3 Å². The number of rotatable bonds is 17. The number of methoxy groups -OCH3 is 6. The lowest BCUT2D eigenvalue weighted by molar-refractivity contribution is 0.171. The number of aryl methyl sites for hydroxylation is 1. The zero-order chi connectivity index (χ0) is 39.9. The predicted molar refractivity (Wildman–Crippen MR) is 249 cm³/mol. The maximum absolute atomic E-state index is 5.82. The number of benzene rings is 4. The third-order valence-corrected chi connectivity index (χ3v) is 13.1. The normalized spacial score (nSPS) is 18.7. The molecule has 4 aromatic carbocycles. The van der Waals surface area contributed by atoms with E-state index in [9.17, 15) is 0 Å². The number of fused-ring (bicyclic) bond motifs is 3. The van der Waals surface area contributed by atoms with Crippen molar-refractivity contribution < 1.29 is 28.4 Å². The summed E-state index contributed by atoms with van der Waals surface area (Å²) in [4.78, 5) is 0. The van der Waals surface area contributed by atoms with Crippen molar-refractivity contribution in [3.8, 4) is 34.5 Å². The number of hydrogen-bond acceptors (Lipinski definition) is 9. The number of nitrogens with one attached hydrogen (secondary N) is 3. The van der Waals surface area contributed by atoms with Crippen LogP contribution in [0.5, 0.6) is 34.5 Å². The fourth-order valence-electron chi connectivity index (χ4n) is 9.88. The van der Waals surface area contributed by atoms with Crippen LogP contribution in [0.4, 0.5) is 0 Å². The second-order valence-corrected chi connectivity index (χ2v) is 16.2. The van der Waals surface area contributed by atoms with Gasteiger partial charge in [0.05, 0.1) is 42.7 Å². The van der Waals surface area contributed by atoms with Crippen LogP contribution in [-0.2, 0) is 25.7 Å². The lowest BCUT2D eigenvalue weighted by Gasteiger charge is -2.40. The van der Waals surface area contributed by atoms with Gasteiger partial charge in [0.2, 0.25) is 0 Å². The fourth-order valence-corrected chi connectivity index (χ4v) is 9.88. The first-order valence-electron chi connectivity index (χ1n) is 20.8. The van der Waals surface area contributed by atoms with Gasteiger partial charge in [-0.3, -0.25) is 0 Å². The van der Waals surface area contributed by atoms with Crippen molar-refractivity contribution in [2.75, 3.05) is 62.3 Å². The average Bonchev–Trinajstić information content (AvgIpc) is 3.25. The minimum Gasteiger partial charge on any atom is -0.493 e. The molecule has 0 amide bonds. The van der Waals surface area contributed by atoms with Gasteiger partial charge in [-0.05, 0) is 177 Å². The quantitative estimate of drug-likeness (QED) is 0.0959. The SMILES string of the molecule is COc1cc2c(cc1OC)C(CCC(CCC1NCCc3cc(OC)c(OC)cc31)(CCC1NCCc3cc(OC)c(OC)cc31)Cc1ccccc1C)NCC2.Cl.Cl.Cl. The van der Waals surface area contributed by atoms with Gasteiger partial charge < -0.3 is 44.4 Å². The monoisotopic (exact) mass is 885 g/mol. The van der Waals surface area contributed by atoms with E-state index in [2.05, 4.69) is 83.5 Å². The molecule has 9 nitrogen and oxygen atoms in total. The molecule has 0 saturated carbocycles. The van der Waals surface area contributed by atoms with Gasteiger partial charge in [0.25, 0.3) is 0 Å². The zero-order valence-corrected chi connectivity index (χ0v) is 38.8. The highest BCUT2D eigenvalue weighted by atomic mass is 35.5. The van der Waals surface area contributed by atoms with Gasteiger partial charge in [0.1, 0.15) is 0 Å². The Morgan fingerprint density at radius 2 is 0.800 bits per heavy atom. The van der Waals surface area contributed by atoms with E-state index in [-0.39, 0.29) is 60.8 Å². The summed E-state index contributed by atoms with van der Waals surface area (Å²) in [6, 6.07) is 22.9. The number of hydrogen-bond donors (Lipinski definition) is 3. The van der Waals surface area contributed by atoms with Crippen LogP contribution in [0.1, 0.15) is 101 Å². The van der Waals surface area contributed by atoms with E-state index in [1.165, 1.54) is 44.5 Å². The van der Waals surface area contributed by atoms with Crippen molar-refractivity contribution in [2.45, 2.75) is 89.3 Å². The van der Waals surface area contributed by atoms with E-state index >= 15 is 0 Å². The predicted octanol–water partition coefficient (Wildman–Crippen LogP) is 9.84. The molecule has 7 rings (SSSR count). The molecule has 12 heteroatoms. The Bertz CT molecular complexity index is 1830. The molecule has 0 bridgehead atoms. The van der Waals surface area contributed by atoms with Crippen LogP contribution in [0.2, 0.25) is 0 Å². The van der Waals surface area contributed by atoms with Crippen LogP contribution in [0.15, 0.2) is 60.7 Å². The topological polar surface area (TPSA) is 91.5 Å². The van der Waals surface area contributed by atoms with Gasteiger partial charge in [0, 0.05) is 18.1 Å². The molecule has 0 aromatic heterocycles. The molecule has 0 radical (unpaired) electrons. The highest BCUT2D eigenvalue weighted by Crippen LogP contribution is 2.47. The Hall–Kier alpha value is -3.57. The molecule has 3 unspecified atom stereocenters. The summed E-state index contributed by atoms with van der Waals surface area (Å²) >= 11 is 0. The molecule has 3 aliphatic rings. The molecule has 3 heterocycles. The van der Waals surface area contributed by atoms with Crippen LogP contribution >= 0.6 is 37.2 Å². The van der Waals surface area contributed by atoms with Crippen LogP contribution in [-0.4, -0.2) is 62.3 Å². The molecule has 3 atom stereocenters. The van der Waals surface area contributed by atoms with Crippen LogP contribution in [0.25, 0.3) is 0 Å². The summed E-state index contributed by atoms with van der Waals surface area (Å²) in [5.41, 5.74) is 10.8. The van der Waals surface area contributed by atoms with Crippen molar-refractivity contribution in [2.24, 2.45) is 5.41 Å². The summed E-state index contributed by atoms with van der Waals surface area (Å²) in [5, 5.41) is 11.8. The Balaban J connectivity index is 0.00000265. The lowest BCUT2D eigenvalue weighted by atomic mass is 9.67. The molecule has 4 aromatic rings. The van der Waals surface area contributed by atoms with E-state index in [0.717, 1.165) is 118 Å². The summed E-state index contributed by atoms with van der Waals surface area (Å²) in [7, 11) is 10.4. The van der Waals surface area contributed by atoms with E-state index in [1.807, 2.05) is 0 Å². The molecule has 0 saturated heterocycles. The van der Waals surface area contributed by atoms with Crippen molar-refractivity contribution in [1.82, 2.24) is 16.0 Å². The zero-order valence-electron chi connectivity index (χ0n) is 36.4. The maximum Gasteiger partial charge on any atom is 0.161 e. The van der Waals surface area contributed by atoms with Gasteiger partial charge in [-0.1, -0.05) is 24.3 Å². The van der Waals surface area contributed by atoms with Crippen molar-refractivity contribution in [3.63, 3.8) is 0 Å². The van der Waals surface area contributed by atoms with E-state index in [4.69, 9.17) is 28.4 Å². The number of halogens is 3. The average molecular weight is 887 g/mol. The summed E-state index contributed by atoms with van der Waals surface area (Å²) in [6.45, 7) is 5.11. The summed E-state index contributed by atoms with van der Waals surface area (Å²) in [6.07, 6.45) is 10.2. The highest BCUT2D eigenvalue weighted by Gasteiger charge is 2.36. The van der Waals surface area contributed by atoms with Gasteiger partial charge in [-0.15, -0.1) is 37.2 Å². The van der Waals surface area contributed by atoms with Crippen molar-refractivity contribution in [3.05, 3.63) is 105 Å². The number of ether oxygens (including phenoxy) is 6. The first-order valence-corrected chi connectivity index (χ1v) is 20.8. The minimum absolute atomic E-state index is 0. The molecule has 3 N–H and O–H groups in total. The van der Waals surface area contributed by atoms with Gasteiger partial charge in [-0.2, -0.15) is 0 Å². The van der Waals surface area contributed by atoms with Crippen LogP contribution < -0.4 is 44.4 Å². The third kappa shape index (κ3) is 10.7. The molecule has 0 aliphatic carbocycles. The molecule has 0 fully saturated rings. The molecule has 0 spiro atoms. The van der Waals surface area contributed by atoms with Crippen molar-refractivity contribution >= 4 is 37.2 Å². The van der Waals surface area contributed by atoms with E-state index in [0.29, 0.717) is 0 Å². The molecule has 3 aliphatic heterocycles. The molecule has 60 heavy (non-hydrogen) atoms. The third-order valence-electron chi connectivity index (χ3n) is 13.1. The molecular weight excluding hydrogens is 821 g/mol.